The third kappa shape index (κ3) is 2.26. The van der Waals surface area contributed by atoms with Crippen LogP contribution in [0.5, 0.6) is 0 Å². The summed E-state index contributed by atoms with van der Waals surface area (Å²) in [5.41, 5.74) is -0.0659. The second-order valence-electron chi connectivity index (χ2n) is 4.86. The predicted octanol–water partition coefficient (Wildman–Crippen LogP) is 3.58. The number of carboxylic acid groups (broad SMARTS) is 1. The number of oxazole rings is 1. The highest BCUT2D eigenvalue weighted by atomic mass is 35.5. The van der Waals surface area contributed by atoms with Crippen LogP contribution >= 0.6 is 11.6 Å². The molecule has 2 aromatic heterocycles. The zero-order valence-electron chi connectivity index (χ0n) is 10.2. The van der Waals surface area contributed by atoms with Crippen LogP contribution in [0.25, 0.3) is 11.7 Å². The van der Waals surface area contributed by atoms with E-state index in [1.54, 1.807) is 6.07 Å². The highest BCUT2D eigenvalue weighted by Crippen LogP contribution is 2.31. The van der Waals surface area contributed by atoms with Gasteiger partial charge in [-0.15, -0.1) is 0 Å². The molecule has 0 aromatic carbocycles. The number of furan rings is 1. The third-order valence-corrected chi connectivity index (χ3v) is 2.52. The van der Waals surface area contributed by atoms with Gasteiger partial charge in [-0.1, -0.05) is 20.8 Å². The molecule has 0 amide bonds. The fourth-order valence-electron chi connectivity index (χ4n) is 1.51. The van der Waals surface area contributed by atoms with E-state index in [1.807, 2.05) is 20.8 Å². The first-order valence-corrected chi connectivity index (χ1v) is 5.67. The highest BCUT2D eigenvalue weighted by molar-refractivity contribution is 6.28. The fraction of sp³-hybridized carbons (Fsp3) is 0.333. The first-order chi connectivity index (χ1) is 8.29. The van der Waals surface area contributed by atoms with Crippen LogP contribution in [0.3, 0.4) is 0 Å². The van der Waals surface area contributed by atoms with E-state index in [4.69, 9.17) is 25.5 Å². The molecule has 0 saturated carbocycles. The van der Waals surface area contributed by atoms with Gasteiger partial charge in [-0.2, -0.15) is 0 Å². The van der Waals surface area contributed by atoms with E-state index in [0.717, 1.165) is 0 Å². The Kier molecular flexibility index (Phi) is 2.94. The van der Waals surface area contributed by atoms with Gasteiger partial charge in [0.15, 0.2) is 11.0 Å². The Morgan fingerprint density at radius 2 is 2.00 bits per heavy atom. The van der Waals surface area contributed by atoms with Crippen molar-refractivity contribution in [1.29, 1.82) is 0 Å². The topological polar surface area (TPSA) is 76.5 Å². The molecule has 1 N–H and O–H groups in total. The maximum absolute atomic E-state index is 11.1. The molecule has 2 heterocycles. The first-order valence-electron chi connectivity index (χ1n) is 5.29. The monoisotopic (exact) mass is 269 g/mol. The van der Waals surface area contributed by atoms with Gasteiger partial charge in [0, 0.05) is 5.41 Å². The number of hydrogen-bond acceptors (Lipinski definition) is 4. The van der Waals surface area contributed by atoms with E-state index in [1.165, 1.54) is 6.07 Å². The summed E-state index contributed by atoms with van der Waals surface area (Å²) in [7, 11) is 0. The fourth-order valence-corrected chi connectivity index (χ4v) is 1.65. The summed E-state index contributed by atoms with van der Waals surface area (Å²) in [4.78, 5) is 15.3. The number of carboxylic acids is 1. The molecule has 18 heavy (non-hydrogen) atoms. The molecule has 0 saturated heterocycles. The van der Waals surface area contributed by atoms with Crippen molar-refractivity contribution in [2.75, 3.05) is 0 Å². The van der Waals surface area contributed by atoms with E-state index >= 15 is 0 Å². The molecule has 96 valence electrons. The maximum Gasteiger partial charge on any atom is 0.373 e. The van der Waals surface area contributed by atoms with Crippen molar-refractivity contribution in [3.63, 3.8) is 0 Å². The summed E-state index contributed by atoms with van der Waals surface area (Å²) in [6.07, 6.45) is 0. The van der Waals surface area contributed by atoms with Gasteiger partial charge in [-0.25, -0.2) is 9.78 Å². The average Bonchev–Trinajstić information content (AvgIpc) is 2.81. The van der Waals surface area contributed by atoms with E-state index < -0.39 is 11.4 Å². The third-order valence-electron chi connectivity index (χ3n) is 2.32. The van der Waals surface area contributed by atoms with Crippen molar-refractivity contribution in [2.24, 2.45) is 0 Å². The average molecular weight is 270 g/mol. The molecule has 0 unspecified atom stereocenters. The summed E-state index contributed by atoms with van der Waals surface area (Å²) < 4.78 is 10.4. The minimum atomic E-state index is -1.16. The van der Waals surface area contributed by atoms with E-state index in [9.17, 15) is 4.79 Å². The number of hydrogen-bond donors (Lipinski definition) is 1. The normalized spacial score (nSPS) is 11.8. The molecule has 0 spiro atoms. The molecule has 2 rings (SSSR count). The SMILES string of the molecule is CC(C)(C)c1nc(-c2ccc(Cl)o2)oc1C(=O)O. The molecule has 0 aliphatic heterocycles. The predicted molar refractivity (Wildman–Crippen MR) is 64.9 cm³/mol. The van der Waals surface area contributed by atoms with Gasteiger partial charge in [0.25, 0.3) is 5.89 Å². The number of carbonyl (C=O) groups is 1. The Balaban J connectivity index is 2.56. The van der Waals surface area contributed by atoms with Gasteiger partial charge < -0.3 is 13.9 Å². The number of rotatable bonds is 2. The first kappa shape index (κ1) is 12.7. The lowest BCUT2D eigenvalue weighted by atomic mass is 9.91. The summed E-state index contributed by atoms with van der Waals surface area (Å²) >= 11 is 5.66. The van der Waals surface area contributed by atoms with E-state index in [0.29, 0.717) is 11.5 Å². The van der Waals surface area contributed by atoms with Crippen LogP contribution in [-0.4, -0.2) is 16.1 Å². The Hall–Kier alpha value is -1.75. The Labute approximate surface area is 108 Å². The van der Waals surface area contributed by atoms with Crippen molar-refractivity contribution in [2.45, 2.75) is 26.2 Å². The van der Waals surface area contributed by atoms with Crippen LogP contribution < -0.4 is 0 Å². The van der Waals surface area contributed by atoms with Crippen LogP contribution in [0, 0.1) is 0 Å². The van der Waals surface area contributed by atoms with Gasteiger partial charge in [0.05, 0.1) is 0 Å². The summed E-state index contributed by atoms with van der Waals surface area (Å²) in [6.45, 7) is 5.57. The summed E-state index contributed by atoms with van der Waals surface area (Å²) in [5.74, 6) is -0.913. The minimum absolute atomic E-state index is 0.115. The molecule has 0 bridgehead atoms. The lowest BCUT2D eigenvalue weighted by molar-refractivity contribution is 0.0659. The van der Waals surface area contributed by atoms with Gasteiger partial charge in [-0.3, -0.25) is 0 Å². The molecular formula is C12H12ClNO4. The molecule has 6 heteroatoms. The number of aromatic carboxylic acids is 1. The number of nitrogens with zero attached hydrogens (tertiary/aromatic N) is 1. The van der Waals surface area contributed by atoms with Crippen LogP contribution in [0.15, 0.2) is 21.0 Å². The molecule has 0 radical (unpaired) electrons. The van der Waals surface area contributed by atoms with Crippen LogP contribution in [0.4, 0.5) is 0 Å². The van der Waals surface area contributed by atoms with E-state index in [-0.39, 0.29) is 16.9 Å². The van der Waals surface area contributed by atoms with Crippen molar-refractivity contribution in [3.8, 4) is 11.7 Å². The second kappa shape index (κ2) is 4.17. The van der Waals surface area contributed by atoms with Gasteiger partial charge in [0.1, 0.15) is 5.69 Å². The lowest BCUT2D eigenvalue weighted by Crippen LogP contribution is -2.16. The molecule has 0 aliphatic rings. The number of halogens is 1. The van der Waals surface area contributed by atoms with Crippen LogP contribution in [0.2, 0.25) is 5.22 Å². The summed E-state index contributed by atoms with van der Waals surface area (Å²) in [6, 6.07) is 3.12. The van der Waals surface area contributed by atoms with Crippen molar-refractivity contribution < 1.29 is 18.7 Å². The largest absolute Gasteiger partial charge is 0.475 e. The lowest BCUT2D eigenvalue weighted by Gasteiger charge is -2.14. The van der Waals surface area contributed by atoms with Gasteiger partial charge >= 0.3 is 5.97 Å². The van der Waals surface area contributed by atoms with Crippen molar-refractivity contribution in [1.82, 2.24) is 4.98 Å². The van der Waals surface area contributed by atoms with E-state index in [2.05, 4.69) is 4.98 Å². The smallest absolute Gasteiger partial charge is 0.373 e. The second-order valence-corrected chi connectivity index (χ2v) is 5.23. The Morgan fingerprint density at radius 3 is 2.39 bits per heavy atom. The molecular weight excluding hydrogens is 258 g/mol. The standard InChI is InChI=1S/C12H12ClNO4/c1-12(2,3)9-8(11(15)16)18-10(14-9)6-4-5-7(13)17-6/h4-5H,1-3H3,(H,15,16). The molecule has 0 fully saturated rings. The summed E-state index contributed by atoms with van der Waals surface area (Å²) in [5, 5.41) is 9.30. The van der Waals surface area contributed by atoms with Crippen molar-refractivity contribution in [3.05, 3.63) is 28.8 Å². The highest BCUT2D eigenvalue weighted by Gasteiger charge is 2.29. The van der Waals surface area contributed by atoms with Gasteiger partial charge in [-0.05, 0) is 23.7 Å². The number of aromatic nitrogens is 1. The molecule has 2 aromatic rings. The Bertz CT molecular complexity index is 591. The maximum atomic E-state index is 11.1. The molecule has 5 nitrogen and oxygen atoms in total. The van der Waals surface area contributed by atoms with Crippen LogP contribution in [0.1, 0.15) is 37.0 Å². The molecule has 0 atom stereocenters. The quantitative estimate of drug-likeness (QED) is 0.901. The minimum Gasteiger partial charge on any atom is -0.475 e. The zero-order valence-corrected chi connectivity index (χ0v) is 10.9. The van der Waals surface area contributed by atoms with Crippen LogP contribution in [-0.2, 0) is 5.41 Å². The molecule has 0 aliphatic carbocycles. The Morgan fingerprint density at radius 1 is 1.33 bits per heavy atom. The van der Waals surface area contributed by atoms with Gasteiger partial charge in [0.2, 0.25) is 5.76 Å². The zero-order chi connectivity index (χ0) is 13.5. The van der Waals surface area contributed by atoms with Crippen molar-refractivity contribution >= 4 is 17.6 Å².